The Hall–Kier alpha value is -0.110. The summed E-state index contributed by atoms with van der Waals surface area (Å²) in [6, 6.07) is 0.751. The molecular formula is C8H13NS. The van der Waals surface area contributed by atoms with Gasteiger partial charge in [-0.05, 0) is 18.8 Å². The van der Waals surface area contributed by atoms with Crippen LogP contribution in [0.15, 0.2) is 0 Å². The summed E-state index contributed by atoms with van der Waals surface area (Å²) in [6.45, 7) is 0. The van der Waals surface area contributed by atoms with Crippen LogP contribution in [-0.4, -0.2) is 11.0 Å². The van der Waals surface area contributed by atoms with Crippen LogP contribution >= 0.6 is 12.2 Å². The zero-order chi connectivity index (χ0) is 6.97. The smallest absolute Gasteiger partial charge is 0.0759 e. The van der Waals surface area contributed by atoms with E-state index in [0.717, 1.165) is 16.9 Å². The number of hydrogen-bond donors (Lipinski definition) is 1. The van der Waals surface area contributed by atoms with Crippen molar-refractivity contribution in [2.45, 2.75) is 38.1 Å². The molecule has 1 aliphatic heterocycles. The van der Waals surface area contributed by atoms with Crippen molar-refractivity contribution in [3.63, 3.8) is 0 Å². The lowest BCUT2D eigenvalue weighted by atomic mass is 9.86. The normalized spacial score (nSPS) is 39.0. The van der Waals surface area contributed by atoms with Gasteiger partial charge in [0.15, 0.2) is 0 Å². The largest absolute Gasteiger partial charge is 0.377 e. The van der Waals surface area contributed by atoms with Crippen molar-refractivity contribution in [1.29, 1.82) is 0 Å². The molecule has 1 nitrogen and oxygen atoms in total. The van der Waals surface area contributed by atoms with E-state index in [1.165, 1.54) is 32.1 Å². The molecular weight excluding hydrogens is 142 g/mol. The van der Waals surface area contributed by atoms with Gasteiger partial charge in [-0.15, -0.1) is 0 Å². The van der Waals surface area contributed by atoms with E-state index in [0.29, 0.717) is 0 Å². The molecule has 2 aliphatic rings. The van der Waals surface area contributed by atoms with Gasteiger partial charge in [-0.25, -0.2) is 0 Å². The number of nitrogens with one attached hydrogen (secondary N) is 1. The summed E-state index contributed by atoms with van der Waals surface area (Å²) in [6.07, 6.45) is 6.74. The molecule has 0 amide bonds. The minimum absolute atomic E-state index is 0.751. The maximum Gasteiger partial charge on any atom is 0.0759 e. The SMILES string of the molecule is S=C1C[C@@H]2CCCC[C@@H]2N1. The topological polar surface area (TPSA) is 12.0 Å². The average Bonchev–Trinajstić information content (AvgIpc) is 2.27. The highest BCUT2D eigenvalue weighted by Crippen LogP contribution is 2.31. The summed E-state index contributed by atoms with van der Waals surface area (Å²) in [5, 5.41) is 3.39. The standard InChI is InChI=1S/C8H13NS/c10-8-5-6-3-1-2-4-7(6)9-8/h6-7H,1-5H2,(H,9,10)/t6-,7-/m0/s1. The Balaban J connectivity index is 2.04. The lowest BCUT2D eigenvalue weighted by molar-refractivity contribution is 0.326. The second-order valence-corrected chi connectivity index (χ2v) is 3.92. The highest BCUT2D eigenvalue weighted by molar-refractivity contribution is 7.80. The Bertz CT molecular complexity index is 139. The summed E-state index contributed by atoms with van der Waals surface area (Å²) in [5.74, 6) is 0.890. The number of rotatable bonds is 0. The van der Waals surface area contributed by atoms with Crippen molar-refractivity contribution >= 4 is 17.2 Å². The van der Waals surface area contributed by atoms with Crippen LogP contribution in [0.25, 0.3) is 0 Å². The molecule has 1 saturated heterocycles. The quantitative estimate of drug-likeness (QED) is 0.536. The van der Waals surface area contributed by atoms with Gasteiger partial charge in [0.2, 0.25) is 0 Å². The molecule has 10 heavy (non-hydrogen) atoms. The fourth-order valence-corrected chi connectivity index (χ4v) is 2.51. The van der Waals surface area contributed by atoms with E-state index in [1.54, 1.807) is 0 Å². The summed E-state index contributed by atoms with van der Waals surface area (Å²) < 4.78 is 0. The molecule has 2 atom stereocenters. The first-order chi connectivity index (χ1) is 4.86. The van der Waals surface area contributed by atoms with Crippen LogP contribution < -0.4 is 5.32 Å². The Morgan fingerprint density at radius 3 is 2.90 bits per heavy atom. The fraction of sp³-hybridized carbons (Fsp3) is 0.875. The van der Waals surface area contributed by atoms with Crippen molar-refractivity contribution in [3.8, 4) is 0 Å². The molecule has 56 valence electrons. The third kappa shape index (κ3) is 1.05. The predicted molar refractivity (Wildman–Crippen MR) is 46.1 cm³/mol. The van der Waals surface area contributed by atoms with Crippen molar-refractivity contribution in [2.24, 2.45) is 5.92 Å². The fourth-order valence-electron chi connectivity index (χ4n) is 2.15. The molecule has 1 saturated carbocycles. The zero-order valence-electron chi connectivity index (χ0n) is 6.10. The first kappa shape index (κ1) is 6.59. The second-order valence-electron chi connectivity index (χ2n) is 3.42. The van der Waals surface area contributed by atoms with E-state index in [9.17, 15) is 0 Å². The molecule has 0 aromatic carbocycles. The molecule has 0 spiro atoms. The third-order valence-corrected chi connectivity index (χ3v) is 2.99. The number of thiocarbonyl (C=S) groups is 1. The van der Waals surface area contributed by atoms with Crippen LogP contribution in [0.2, 0.25) is 0 Å². The molecule has 2 heteroatoms. The highest BCUT2D eigenvalue weighted by atomic mass is 32.1. The maximum absolute atomic E-state index is 5.12. The Morgan fingerprint density at radius 1 is 1.30 bits per heavy atom. The van der Waals surface area contributed by atoms with Crippen LogP contribution in [0.4, 0.5) is 0 Å². The molecule has 0 unspecified atom stereocenters. The Morgan fingerprint density at radius 2 is 2.10 bits per heavy atom. The first-order valence-corrected chi connectivity index (χ1v) is 4.56. The number of fused-ring (bicyclic) bond motifs is 1. The van der Waals surface area contributed by atoms with Crippen LogP contribution in [0.1, 0.15) is 32.1 Å². The summed E-state index contributed by atoms with van der Waals surface area (Å²) in [4.78, 5) is 1.11. The lowest BCUT2D eigenvalue weighted by Crippen LogP contribution is -2.30. The number of hydrogen-bond acceptors (Lipinski definition) is 1. The van der Waals surface area contributed by atoms with E-state index in [2.05, 4.69) is 5.32 Å². The molecule has 0 aromatic rings. The minimum Gasteiger partial charge on any atom is -0.377 e. The Kier molecular flexibility index (Phi) is 1.65. The zero-order valence-corrected chi connectivity index (χ0v) is 6.91. The minimum atomic E-state index is 0.751. The van der Waals surface area contributed by atoms with Gasteiger partial charge >= 0.3 is 0 Å². The molecule has 0 aromatic heterocycles. The van der Waals surface area contributed by atoms with Gasteiger partial charge < -0.3 is 5.32 Å². The molecule has 1 N–H and O–H groups in total. The molecule has 2 fully saturated rings. The van der Waals surface area contributed by atoms with E-state index in [1.807, 2.05) is 0 Å². The van der Waals surface area contributed by atoms with Crippen LogP contribution in [0.3, 0.4) is 0 Å². The van der Waals surface area contributed by atoms with Gasteiger partial charge in [-0.3, -0.25) is 0 Å². The van der Waals surface area contributed by atoms with E-state index < -0.39 is 0 Å². The van der Waals surface area contributed by atoms with Gasteiger partial charge in [-0.1, -0.05) is 25.1 Å². The summed E-state index contributed by atoms with van der Waals surface area (Å²) in [7, 11) is 0. The molecule has 1 aliphatic carbocycles. The molecule has 0 bridgehead atoms. The van der Waals surface area contributed by atoms with Crippen LogP contribution in [-0.2, 0) is 0 Å². The van der Waals surface area contributed by atoms with Gasteiger partial charge in [0, 0.05) is 12.5 Å². The maximum atomic E-state index is 5.12. The van der Waals surface area contributed by atoms with E-state index in [-0.39, 0.29) is 0 Å². The van der Waals surface area contributed by atoms with Gasteiger partial charge in [0.1, 0.15) is 0 Å². The van der Waals surface area contributed by atoms with Crippen molar-refractivity contribution < 1.29 is 0 Å². The second kappa shape index (κ2) is 2.50. The van der Waals surface area contributed by atoms with E-state index >= 15 is 0 Å². The van der Waals surface area contributed by atoms with Crippen molar-refractivity contribution in [1.82, 2.24) is 5.32 Å². The van der Waals surface area contributed by atoms with Crippen LogP contribution in [0, 0.1) is 5.92 Å². The van der Waals surface area contributed by atoms with Crippen molar-refractivity contribution in [3.05, 3.63) is 0 Å². The van der Waals surface area contributed by atoms with Gasteiger partial charge in [0.25, 0.3) is 0 Å². The first-order valence-electron chi connectivity index (χ1n) is 4.15. The molecule has 2 rings (SSSR count). The van der Waals surface area contributed by atoms with Gasteiger partial charge in [-0.2, -0.15) is 0 Å². The van der Waals surface area contributed by atoms with E-state index in [4.69, 9.17) is 12.2 Å². The predicted octanol–water partition coefficient (Wildman–Crippen LogP) is 1.87. The summed E-state index contributed by atoms with van der Waals surface area (Å²) in [5.41, 5.74) is 0. The average molecular weight is 155 g/mol. The van der Waals surface area contributed by atoms with Crippen molar-refractivity contribution in [2.75, 3.05) is 0 Å². The molecule has 0 radical (unpaired) electrons. The third-order valence-electron chi connectivity index (χ3n) is 2.70. The van der Waals surface area contributed by atoms with Crippen LogP contribution in [0.5, 0.6) is 0 Å². The lowest BCUT2D eigenvalue weighted by Gasteiger charge is -2.23. The molecule has 1 heterocycles. The monoisotopic (exact) mass is 155 g/mol. The Labute approximate surface area is 67.2 Å². The highest BCUT2D eigenvalue weighted by Gasteiger charge is 2.31. The van der Waals surface area contributed by atoms with Gasteiger partial charge in [0.05, 0.1) is 4.99 Å². The summed E-state index contributed by atoms with van der Waals surface area (Å²) >= 11 is 5.12.